The third-order valence-electron chi connectivity index (χ3n) is 0.940. The van der Waals surface area contributed by atoms with Crippen LogP contribution in [-0.4, -0.2) is 4.68 Å². The van der Waals surface area contributed by atoms with Crippen molar-refractivity contribution < 1.29 is 0 Å². The highest BCUT2D eigenvalue weighted by molar-refractivity contribution is 9.10. The van der Waals surface area contributed by atoms with E-state index in [-0.39, 0.29) is 5.56 Å². The van der Waals surface area contributed by atoms with Crippen LogP contribution in [0.15, 0.2) is 27.6 Å². The van der Waals surface area contributed by atoms with Gasteiger partial charge in [-0.1, -0.05) is 6.07 Å². The lowest BCUT2D eigenvalue weighted by atomic mass is 10.5. The third kappa shape index (κ3) is 1.13. The highest BCUT2D eigenvalue weighted by Gasteiger charge is 1.91. The summed E-state index contributed by atoms with van der Waals surface area (Å²) in [6.07, 6.45) is 0. The maximum absolute atomic E-state index is 10.6. The number of hydrogen-bond donors (Lipinski definition) is 1. The van der Waals surface area contributed by atoms with Crippen LogP contribution in [0.1, 0.15) is 0 Å². The Bertz CT molecular complexity index is 268. The van der Waals surface area contributed by atoms with Crippen LogP contribution in [0.25, 0.3) is 0 Å². The molecule has 0 atom stereocenters. The van der Waals surface area contributed by atoms with Crippen LogP contribution in [0.2, 0.25) is 0 Å². The smallest absolute Gasteiger partial charge is 0.269 e. The molecule has 4 heteroatoms. The zero-order valence-corrected chi connectivity index (χ0v) is 6.13. The van der Waals surface area contributed by atoms with Gasteiger partial charge in [0.15, 0.2) is 0 Å². The molecule has 0 aliphatic heterocycles. The predicted molar refractivity (Wildman–Crippen MR) is 38.6 cm³/mol. The van der Waals surface area contributed by atoms with Crippen LogP contribution in [0, 0.1) is 0 Å². The number of aromatic nitrogens is 1. The minimum Gasteiger partial charge on any atom is -0.335 e. The van der Waals surface area contributed by atoms with Crippen LogP contribution in [0.5, 0.6) is 0 Å². The monoisotopic (exact) mass is 188 g/mol. The lowest BCUT2D eigenvalue weighted by Crippen LogP contribution is -2.26. The highest BCUT2D eigenvalue weighted by Crippen LogP contribution is 2.00. The van der Waals surface area contributed by atoms with Crippen molar-refractivity contribution >= 4 is 15.9 Å². The van der Waals surface area contributed by atoms with E-state index in [2.05, 4.69) is 15.9 Å². The van der Waals surface area contributed by atoms with E-state index in [1.54, 1.807) is 12.1 Å². The number of halogens is 1. The molecule has 1 rings (SSSR count). The number of pyridine rings is 1. The van der Waals surface area contributed by atoms with Crippen LogP contribution in [0.3, 0.4) is 0 Å². The van der Waals surface area contributed by atoms with Crippen LogP contribution < -0.4 is 11.4 Å². The summed E-state index contributed by atoms with van der Waals surface area (Å²) in [7, 11) is 0. The van der Waals surface area contributed by atoms with Crippen LogP contribution in [-0.2, 0) is 0 Å². The summed E-state index contributed by atoms with van der Waals surface area (Å²) in [6, 6.07) is 4.72. The molecule has 0 radical (unpaired) electrons. The Morgan fingerprint density at radius 3 is 2.67 bits per heavy atom. The molecule has 0 unspecified atom stereocenters. The van der Waals surface area contributed by atoms with E-state index >= 15 is 0 Å². The molecule has 0 saturated carbocycles. The van der Waals surface area contributed by atoms with Crippen molar-refractivity contribution in [2.75, 3.05) is 5.84 Å². The van der Waals surface area contributed by atoms with Crippen molar-refractivity contribution in [2.24, 2.45) is 0 Å². The summed E-state index contributed by atoms with van der Waals surface area (Å²) in [5, 5.41) is 0. The van der Waals surface area contributed by atoms with Gasteiger partial charge >= 0.3 is 0 Å². The molecule has 0 aromatic carbocycles. The van der Waals surface area contributed by atoms with Gasteiger partial charge in [0.25, 0.3) is 5.56 Å². The van der Waals surface area contributed by atoms with E-state index in [4.69, 9.17) is 5.84 Å². The molecule has 3 nitrogen and oxygen atoms in total. The molecule has 0 fully saturated rings. The summed E-state index contributed by atoms with van der Waals surface area (Å²) in [5.41, 5.74) is -0.218. The largest absolute Gasteiger partial charge is 0.335 e. The molecule has 2 N–H and O–H groups in total. The second kappa shape index (κ2) is 2.23. The van der Waals surface area contributed by atoms with Gasteiger partial charge in [-0.25, -0.2) is 4.68 Å². The maximum Gasteiger partial charge on any atom is 0.269 e. The zero-order chi connectivity index (χ0) is 6.85. The molecule has 0 bridgehead atoms. The lowest BCUT2D eigenvalue weighted by molar-refractivity contribution is 0.908. The Hall–Kier alpha value is -0.770. The van der Waals surface area contributed by atoms with E-state index in [9.17, 15) is 4.79 Å². The summed E-state index contributed by atoms with van der Waals surface area (Å²) in [6.45, 7) is 0. The molecule has 0 aliphatic rings. The maximum atomic E-state index is 10.6. The average Bonchev–Trinajstić information content (AvgIpc) is 1.83. The molecule has 48 valence electrons. The normalized spacial score (nSPS) is 9.44. The molecular weight excluding hydrogens is 184 g/mol. The van der Waals surface area contributed by atoms with E-state index in [0.717, 1.165) is 4.68 Å². The fraction of sp³-hybridized carbons (Fsp3) is 0. The Morgan fingerprint density at radius 1 is 1.56 bits per heavy atom. The van der Waals surface area contributed by atoms with Crippen molar-refractivity contribution in [1.82, 2.24) is 4.68 Å². The van der Waals surface area contributed by atoms with Crippen molar-refractivity contribution in [1.29, 1.82) is 0 Å². The molecule has 1 heterocycles. The van der Waals surface area contributed by atoms with Gasteiger partial charge in [0.2, 0.25) is 0 Å². The number of hydrogen-bond acceptors (Lipinski definition) is 2. The van der Waals surface area contributed by atoms with Crippen LogP contribution in [0.4, 0.5) is 0 Å². The lowest BCUT2D eigenvalue weighted by Gasteiger charge is -1.96. The van der Waals surface area contributed by atoms with Crippen molar-refractivity contribution in [3.63, 3.8) is 0 Å². The Morgan fingerprint density at radius 2 is 2.22 bits per heavy atom. The summed E-state index contributed by atoms with van der Waals surface area (Å²) >= 11 is 3.08. The van der Waals surface area contributed by atoms with Crippen molar-refractivity contribution in [2.45, 2.75) is 0 Å². The first kappa shape index (κ1) is 6.35. The summed E-state index contributed by atoms with van der Waals surface area (Å²) in [5.74, 6) is 5.24. The quantitative estimate of drug-likeness (QED) is 0.472. The van der Waals surface area contributed by atoms with E-state index in [1.807, 2.05) is 0 Å². The van der Waals surface area contributed by atoms with Crippen molar-refractivity contribution in [3.05, 3.63) is 33.2 Å². The molecule has 0 spiro atoms. The van der Waals surface area contributed by atoms with Gasteiger partial charge in [-0.05, 0) is 22.0 Å². The minimum atomic E-state index is -0.218. The summed E-state index contributed by atoms with van der Waals surface area (Å²) in [4.78, 5) is 10.6. The number of rotatable bonds is 0. The highest BCUT2D eigenvalue weighted by atomic mass is 79.9. The van der Waals surface area contributed by atoms with E-state index < -0.39 is 0 Å². The minimum absolute atomic E-state index is 0.218. The third-order valence-corrected chi connectivity index (χ3v) is 1.59. The van der Waals surface area contributed by atoms with Crippen LogP contribution >= 0.6 is 15.9 Å². The first-order valence-corrected chi connectivity index (χ1v) is 3.14. The number of nitrogen functional groups attached to an aromatic ring is 1. The molecule has 0 aliphatic carbocycles. The van der Waals surface area contributed by atoms with Gasteiger partial charge < -0.3 is 5.84 Å². The first-order chi connectivity index (χ1) is 4.22. The topological polar surface area (TPSA) is 48.0 Å². The molecule has 0 amide bonds. The Labute approximate surface area is 60.2 Å². The molecular formula is C5H5BrN2O. The van der Waals surface area contributed by atoms with Gasteiger partial charge in [-0.2, -0.15) is 0 Å². The predicted octanol–water partition coefficient (Wildman–Crippen LogP) is 0.325. The zero-order valence-electron chi connectivity index (χ0n) is 4.54. The second-order valence-corrected chi connectivity index (χ2v) is 2.37. The number of nitrogens with two attached hydrogens (primary N) is 1. The first-order valence-electron chi connectivity index (χ1n) is 2.34. The molecule has 0 saturated heterocycles. The molecule has 1 aromatic heterocycles. The van der Waals surface area contributed by atoms with Gasteiger partial charge in [0, 0.05) is 6.07 Å². The fourth-order valence-corrected chi connectivity index (χ4v) is 0.803. The van der Waals surface area contributed by atoms with Crippen molar-refractivity contribution in [3.8, 4) is 0 Å². The second-order valence-electron chi connectivity index (χ2n) is 1.56. The standard InChI is InChI=1S/C5H5BrN2O/c6-4-2-1-3-5(9)8(4)7/h1-3H,7H2. The van der Waals surface area contributed by atoms with Gasteiger partial charge in [-0.15, -0.1) is 0 Å². The van der Waals surface area contributed by atoms with E-state index in [0.29, 0.717) is 4.60 Å². The van der Waals surface area contributed by atoms with Gasteiger partial charge in [-0.3, -0.25) is 4.79 Å². The Kier molecular flexibility index (Phi) is 1.57. The van der Waals surface area contributed by atoms with Gasteiger partial charge in [0.05, 0.1) is 0 Å². The van der Waals surface area contributed by atoms with Gasteiger partial charge in [0.1, 0.15) is 4.60 Å². The number of nitrogens with zero attached hydrogens (tertiary/aromatic N) is 1. The van der Waals surface area contributed by atoms with E-state index in [1.165, 1.54) is 6.07 Å². The SMILES string of the molecule is Nn1c(Br)cccc1=O. The molecule has 9 heavy (non-hydrogen) atoms. The summed E-state index contributed by atoms with van der Waals surface area (Å²) < 4.78 is 1.61. The average molecular weight is 189 g/mol. The molecule has 1 aromatic rings. The Balaban J connectivity index is 3.43. The fourth-order valence-electron chi connectivity index (χ4n) is 0.476.